The van der Waals surface area contributed by atoms with Gasteiger partial charge in [0, 0.05) is 28.7 Å². The monoisotopic (exact) mass is 517 g/mol. The van der Waals surface area contributed by atoms with Crippen molar-refractivity contribution in [2.24, 2.45) is 12.5 Å². The van der Waals surface area contributed by atoms with Crippen LogP contribution in [0, 0.1) is 23.1 Å². The van der Waals surface area contributed by atoms with E-state index in [4.69, 9.17) is 11.6 Å². The molecule has 2 aromatic carbocycles. The minimum absolute atomic E-state index is 0.117. The van der Waals surface area contributed by atoms with Crippen LogP contribution in [0.5, 0.6) is 0 Å². The third-order valence-electron chi connectivity index (χ3n) is 5.58. The molecule has 1 aliphatic carbocycles. The lowest BCUT2D eigenvalue weighted by atomic mass is 10.1. The van der Waals surface area contributed by atoms with Crippen LogP contribution in [0.1, 0.15) is 18.4 Å². The van der Waals surface area contributed by atoms with Gasteiger partial charge in [-0.1, -0.05) is 23.4 Å². The minimum atomic E-state index is -4.81. The summed E-state index contributed by atoms with van der Waals surface area (Å²) in [5.74, 6) is 2.90. The van der Waals surface area contributed by atoms with Gasteiger partial charge in [-0.3, -0.25) is 4.57 Å². The van der Waals surface area contributed by atoms with Gasteiger partial charge in [-0.2, -0.15) is 31.3 Å². The average molecular weight is 518 g/mol. The molecule has 1 aliphatic rings. The molecular weight excluding hydrogens is 503 g/mol. The van der Waals surface area contributed by atoms with Crippen LogP contribution in [0.3, 0.4) is 0 Å². The van der Waals surface area contributed by atoms with Crippen LogP contribution in [0.15, 0.2) is 41.2 Å². The molecule has 0 radical (unpaired) electrons. The molecule has 0 aliphatic heterocycles. The summed E-state index contributed by atoms with van der Waals surface area (Å²) < 4.78 is 95.7. The number of halogens is 8. The predicted molar refractivity (Wildman–Crippen MR) is 116 cm³/mol. The highest BCUT2D eigenvalue weighted by Gasteiger charge is 2.62. The molecule has 1 heterocycles. The Hall–Kier alpha value is -3.26. The molecule has 35 heavy (non-hydrogen) atoms. The fourth-order valence-electron chi connectivity index (χ4n) is 3.57. The second-order valence-electron chi connectivity index (χ2n) is 8.17. The number of benzene rings is 2. The molecule has 3 aromatic rings. The number of hydrogen-bond donors (Lipinski definition) is 0. The largest absolute Gasteiger partial charge is 0.406 e. The fraction of sp³-hybridized carbons (Fsp3) is 0.304. The number of anilines is 2. The highest BCUT2D eigenvalue weighted by molar-refractivity contribution is 6.31. The summed E-state index contributed by atoms with van der Waals surface area (Å²) >= 11 is 5.97. The first-order chi connectivity index (χ1) is 16.2. The van der Waals surface area contributed by atoms with Crippen molar-refractivity contribution in [3.05, 3.63) is 63.3 Å². The van der Waals surface area contributed by atoms with Gasteiger partial charge in [0.2, 0.25) is 0 Å². The SMILES string of the molecule is Cn1c(=O)nc(N(CC(F)(F)F)c2cc(F)cc(C#CC3(C(F)(F)F)CC3)c2)c2ccc(Cl)cc21. The molecule has 1 fully saturated rings. The van der Waals surface area contributed by atoms with Crippen LogP contribution in [0.2, 0.25) is 5.02 Å². The zero-order valence-corrected chi connectivity index (χ0v) is 18.6. The zero-order chi connectivity index (χ0) is 25.8. The summed E-state index contributed by atoms with van der Waals surface area (Å²) in [7, 11) is 1.36. The van der Waals surface area contributed by atoms with Gasteiger partial charge in [0.15, 0.2) is 0 Å². The number of hydrogen-bond acceptors (Lipinski definition) is 3. The van der Waals surface area contributed by atoms with E-state index in [1.165, 1.54) is 25.2 Å². The highest BCUT2D eigenvalue weighted by Crippen LogP contribution is 2.57. The van der Waals surface area contributed by atoms with Crippen LogP contribution < -0.4 is 10.6 Å². The summed E-state index contributed by atoms with van der Waals surface area (Å²) in [6, 6.07) is 6.72. The van der Waals surface area contributed by atoms with Crippen molar-refractivity contribution in [1.82, 2.24) is 9.55 Å². The van der Waals surface area contributed by atoms with Gasteiger partial charge >= 0.3 is 18.0 Å². The zero-order valence-electron chi connectivity index (χ0n) is 17.9. The number of nitrogens with zero attached hydrogens (tertiary/aromatic N) is 3. The van der Waals surface area contributed by atoms with E-state index in [-0.39, 0.29) is 40.0 Å². The molecular formula is C23H15ClF7N3O. The maximum Gasteiger partial charge on any atom is 0.406 e. The van der Waals surface area contributed by atoms with E-state index in [0.717, 1.165) is 22.8 Å². The van der Waals surface area contributed by atoms with Crippen molar-refractivity contribution < 1.29 is 30.7 Å². The molecule has 0 bridgehead atoms. The van der Waals surface area contributed by atoms with Gasteiger partial charge in [-0.15, -0.1) is 0 Å². The lowest BCUT2D eigenvalue weighted by Crippen LogP contribution is -2.33. The van der Waals surface area contributed by atoms with Crippen molar-refractivity contribution in [2.75, 3.05) is 11.4 Å². The molecule has 0 unspecified atom stereocenters. The molecule has 1 saturated carbocycles. The Morgan fingerprint density at radius 3 is 2.40 bits per heavy atom. The Kier molecular flexibility index (Phi) is 6.00. The third kappa shape index (κ3) is 5.07. The Balaban J connectivity index is 1.89. The van der Waals surface area contributed by atoms with E-state index < -0.39 is 41.6 Å². The lowest BCUT2D eigenvalue weighted by molar-refractivity contribution is -0.168. The van der Waals surface area contributed by atoms with Crippen LogP contribution in [-0.4, -0.2) is 28.4 Å². The van der Waals surface area contributed by atoms with Crippen molar-refractivity contribution in [3.63, 3.8) is 0 Å². The minimum Gasteiger partial charge on any atom is -0.316 e. The summed E-state index contributed by atoms with van der Waals surface area (Å²) in [6.07, 6.45) is -9.81. The Morgan fingerprint density at radius 1 is 1.11 bits per heavy atom. The van der Waals surface area contributed by atoms with Gasteiger partial charge < -0.3 is 4.90 Å². The smallest absolute Gasteiger partial charge is 0.316 e. The number of fused-ring (bicyclic) bond motifs is 1. The first-order valence-electron chi connectivity index (χ1n) is 10.1. The van der Waals surface area contributed by atoms with E-state index in [1.807, 2.05) is 0 Å². The van der Waals surface area contributed by atoms with Gasteiger partial charge in [0.05, 0.1) is 5.52 Å². The molecule has 4 nitrogen and oxygen atoms in total. The van der Waals surface area contributed by atoms with E-state index in [0.29, 0.717) is 4.90 Å². The number of aromatic nitrogens is 2. The van der Waals surface area contributed by atoms with E-state index in [2.05, 4.69) is 16.8 Å². The van der Waals surface area contributed by atoms with Crippen LogP contribution in [0.25, 0.3) is 10.9 Å². The first-order valence-corrected chi connectivity index (χ1v) is 10.5. The molecule has 0 atom stereocenters. The van der Waals surface area contributed by atoms with Crippen molar-refractivity contribution >= 4 is 34.0 Å². The van der Waals surface area contributed by atoms with Gasteiger partial charge in [0.1, 0.15) is 23.6 Å². The number of alkyl halides is 6. The molecule has 0 N–H and O–H groups in total. The molecule has 4 rings (SSSR count). The fourth-order valence-corrected chi connectivity index (χ4v) is 3.74. The quantitative estimate of drug-likeness (QED) is 0.310. The van der Waals surface area contributed by atoms with Crippen LogP contribution in [-0.2, 0) is 7.05 Å². The summed E-state index contributed by atoms with van der Waals surface area (Å²) in [5, 5.41) is 0.334. The molecule has 0 saturated heterocycles. The normalized spacial score (nSPS) is 15.0. The predicted octanol–water partition coefficient (Wildman–Crippen LogP) is 6.12. The van der Waals surface area contributed by atoms with Crippen molar-refractivity contribution in [2.45, 2.75) is 25.2 Å². The molecule has 1 aromatic heterocycles. The maximum atomic E-state index is 14.4. The van der Waals surface area contributed by atoms with E-state index in [9.17, 15) is 35.5 Å². The topological polar surface area (TPSA) is 38.1 Å². The first kappa shape index (κ1) is 24.9. The third-order valence-corrected chi connectivity index (χ3v) is 5.81. The number of aryl methyl sites for hydroxylation is 1. The Morgan fingerprint density at radius 2 is 1.80 bits per heavy atom. The van der Waals surface area contributed by atoms with Gasteiger partial charge in [0.25, 0.3) is 0 Å². The molecule has 0 amide bonds. The van der Waals surface area contributed by atoms with Crippen molar-refractivity contribution in [3.8, 4) is 11.8 Å². The Bertz CT molecular complexity index is 1430. The summed E-state index contributed by atoms with van der Waals surface area (Å²) in [6.45, 7) is -1.66. The van der Waals surface area contributed by atoms with E-state index in [1.54, 1.807) is 0 Å². The summed E-state index contributed by atoms with van der Waals surface area (Å²) in [4.78, 5) is 16.7. The summed E-state index contributed by atoms with van der Waals surface area (Å²) in [5.41, 5.74) is -3.55. The molecule has 184 valence electrons. The van der Waals surface area contributed by atoms with Crippen molar-refractivity contribution in [1.29, 1.82) is 0 Å². The molecule has 0 spiro atoms. The van der Waals surface area contributed by atoms with Crippen LogP contribution in [0.4, 0.5) is 42.2 Å². The standard InChI is InChI=1S/C23H15ClF7N3O/c1-33-18-10-14(24)2-3-17(18)19(32-20(33)35)34(12-22(26,27)28)16-9-13(8-15(25)11-16)4-5-21(6-7-21)23(29,30)31/h2-3,8-11H,6-7,12H2,1H3. The lowest BCUT2D eigenvalue weighted by Gasteiger charge is -2.26. The van der Waals surface area contributed by atoms with Crippen LogP contribution >= 0.6 is 11.6 Å². The van der Waals surface area contributed by atoms with E-state index >= 15 is 0 Å². The second-order valence-corrected chi connectivity index (χ2v) is 8.60. The Labute approximate surface area is 198 Å². The van der Waals surface area contributed by atoms with Gasteiger partial charge in [-0.25, -0.2) is 9.18 Å². The molecule has 12 heteroatoms. The number of rotatable bonds is 3. The highest BCUT2D eigenvalue weighted by atomic mass is 35.5. The van der Waals surface area contributed by atoms with Gasteiger partial charge in [-0.05, 0) is 49.2 Å². The average Bonchev–Trinajstić information content (AvgIpc) is 3.54. The second kappa shape index (κ2) is 8.45. The maximum absolute atomic E-state index is 14.4.